The van der Waals surface area contributed by atoms with E-state index in [1.807, 2.05) is 24.3 Å². The predicted molar refractivity (Wildman–Crippen MR) is 112 cm³/mol. The maximum Gasteiger partial charge on any atom is 0.258 e. The number of ether oxygens (including phenoxy) is 1. The van der Waals surface area contributed by atoms with Crippen LogP contribution in [0.1, 0.15) is 0 Å². The Morgan fingerprint density at radius 1 is 1.03 bits per heavy atom. The summed E-state index contributed by atoms with van der Waals surface area (Å²) in [5.41, 5.74) is 4.67. The van der Waals surface area contributed by atoms with Crippen LogP contribution in [0, 0.1) is 0 Å². The lowest BCUT2D eigenvalue weighted by Gasteiger charge is -2.28. The zero-order valence-corrected chi connectivity index (χ0v) is 15.7. The summed E-state index contributed by atoms with van der Waals surface area (Å²) in [6.07, 6.45) is 4.85. The molecule has 7 heteroatoms. The van der Waals surface area contributed by atoms with Crippen molar-refractivity contribution < 1.29 is 4.74 Å². The average molecular weight is 385 g/mol. The lowest BCUT2D eigenvalue weighted by Crippen LogP contribution is -2.36. The SMILES string of the molecule is O=c1[nH]cnc2c(-c3cccnc3)nc(-c3ccc(N4CCOCC4)cc3)cc12. The van der Waals surface area contributed by atoms with Crippen molar-refractivity contribution >= 4 is 16.6 Å². The number of H-pyrrole nitrogens is 1. The predicted octanol–water partition coefficient (Wildman–Crippen LogP) is 2.88. The molecule has 1 aliphatic rings. The highest BCUT2D eigenvalue weighted by atomic mass is 16.5. The van der Waals surface area contributed by atoms with Crippen LogP contribution in [0.2, 0.25) is 0 Å². The average Bonchev–Trinajstić information content (AvgIpc) is 2.80. The molecule has 0 spiro atoms. The van der Waals surface area contributed by atoms with Gasteiger partial charge in [-0.2, -0.15) is 0 Å². The number of aromatic amines is 1. The number of hydrogen-bond donors (Lipinski definition) is 1. The van der Waals surface area contributed by atoms with Crippen LogP contribution in [0.25, 0.3) is 33.4 Å². The number of rotatable bonds is 3. The minimum absolute atomic E-state index is 0.186. The molecule has 0 aliphatic carbocycles. The van der Waals surface area contributed by atoms with Crippen molar-refractivity contribution in [1.29, 1.82) is 0 Å². The van der Waals surface area contributed by atoms with E-state index in [9.17, 15) is 4.79 Å². The molecule has 1 saturated heterocycles. The fraction of sp³-hybridized carbons (Fsp3) is 0.182. The van der Waals surface area contributed by atoms with Gasteiger partial charge in [-0.3, -0.25) is 9.78 Å². The van der Waals surface area contributed by atoms with Gasteiger partial charge in [0.2, 0.25) is 0 Å². The van der Waals surface area contributed by atoms with Gasteiger partial charge in [-0.05, 0) is 30.3 Å². The van der Waals surface area contributed by atoms with Crippen LogP contribution in [-0.4, -0.2) is 46.2 Å². The Balaban J connectivity index is 1.62. The first-order chi connectivity index (χ1) is 14.3. The molecule has 0 amide bonds. The van der Waals surface area contributed by atoms with E-state index in [-0.39, 0.29) is 5.56 Å². The standard InChI is InChI=1S/C22H19N5O2/c28-22-18-12-19(15-3-5-17(6-4-15)27-8-10-29-11-9-27)26-20(21(18)24-14-25-22)16-2-1-7-23-13-16/h1-7,12-14H,8-11H2,(H,24,25,28). The van der Waals surface area contributed by atoms with Gasteiger partial charge in [0.25, 0.3) is 5.56 Å². The van der Waals surface area contributed by atoms with Crippen molar-refractivity contribution in [3.63, 3.8) is 0 Å². The molecule has 4 heterocycles. The minimum Gasteiger partial charge on any atom is -0.378 e. The molecule has 7 nitrogen and oxygen atoms in total. The van der Waals surface area contributed by atoms with Gasteiger partial charge in [-0.1, -0.05) is 12.1 Å². The lowest BCUT2D eigenvalue weighted by atomic mass is 10.1. The summed E-state index contributed by atoms with van der Waals surface area (Å²) in [4.78, 5) is 30.8. The molecule has 0 saturated carbocycles. The first-order valence-electron chi connectivity index (χ1n) is 9.51. The monoisotopic (exact) mass is 385 g/mol. The van der Waals surface area contributed by atoms with Crippen molar-refractivity contribution in [1.82, 2.24) is 19.9 Å². The summed E-state index contributed by atoms with van der Waals surface area (Å²) in [7, 11) is 0. The molecule has 0 unspecified atom stereocenters. The topological polar surface area (TPSA) is 84.0 Å². The Morgan fingerprint density at radius 2 is 1.86 bits per heavy atom. The summed E-state index contributed by atoms with van der Waals surface area (Å²) in [6, 6.07) is 13.8. The van der Waals surface area contributed by atoms with E-state index in [1.165, 1.54) is 6.33 Å². The van der Waals surface area contributed by atoms with Crippen molar-refractivity contribution in [2.24, 2.45) is 0 Å². The molecule has 1 aliphatic heterocycles. The van der Waals surface area contributed by atoms with Gasteiger partial charge in [0, 0.05) is 42.3 Å². The quantitative estimate of drug-likeness (QED) is 0.584. The van der Waals surface area contributed by atoms with Crippen LogP contribution < -0.4 is 10.5 Å². The van der Waals surface area contributed by atoms with Crippen LogP contribution in [-0.2, 0) is 4.74 Å². The van der Waals surface area contributed by atoms with E-state index < -0.39 is 0 Å². The zero-order chi connectivity index (χ0) is 19.6. The third kappa shape index (κ3) is 3.36. The molecule has 144 valence electrons. The van der Waals surface area contributed by atoms with Gasteiger partial charge < -0.3 is 14.6 Å². The fourth-order valence-electron chi connectivity index (χ4n) is 3.59. The zero-order valence-electron chi connectivity index (χ0n) is 15.7. The van der Waals surface area contributed by atoms with Crippen molar-refractivity contribution in [3.05, 3.63) is 71.5 Å². The Labute approximate surface area is 167 Å². The maximum absolute atomic E-state index is 12.4. The Hall–Kier alpha value is -3.58. The number of morpholine rings is 1. The van der Waals surface area contributed by atoms with Crippen molar-refractivity contribution in [2.45, 2.75) is 0 Å². The van der Waals surface area contributed by atoms with Gasteiger partial charge in [-0.15, -0.1) is 0 Å². The lowest BCUT2D eigenvalue weighted by molar-refractivity contribution is 0.122. The number of benzene rings is 1. The van der Waals surface area contributed by atoms with Crippen molar-refractivity contribution in [3.8, 4) is 22.5 Å². The number of hydrogen-bond acceptors (Lipinski definition) is 6. The number of fused-ring (bicyclic) bond motifs is 1. The van der Waals surface area contributed by atoms with Gasteiger partial charge in [0.05, 0.1) is 36.3 Å². The van der Waals surface area contributed by atoms with Crippen LogP contribution in [0.15, 0.2) is 66.0 Å². The number of aromatic nitrogens is 4. The third-order valence-corrected chi connectivity index (χ3v) is 5.10. The van der Waals surface area contributed by atoms with E-state index in [4.69, 9.17) is 9.72 Å². The van der Waals surface area contributed by atoms with E-state index in [1.54, 1.807) is 18.5 Å². The normalized spacial score (nSPS) is 14.3. The number of anilines is 1. The molecule has 0 radical (unpaired) electrons. The summed E-state index contributed by atoms with van der Waals surface area (Å²) >= 11 is 0. The molecule has 29 heavy (non-hydrogen) atoms. The fourth-order valence-corrected chi connectivity index (χ4v) is 3.59. The van der Waals surface area contributed by atoms with E-state index in [2.05, 4.69) is 32.0 Å². The smallest absolute Gasteiger partial charge is 0.258 e. The third-order valence-electron chi connectivity index (χ3n) is 5.10. The van der Waals surface area contributed by atoms with E-state index in [0.29, 0.717) is 16.6 Å². The summed E-state index contributed by atoms with van der Waals surface area (Å²) in [5.74, 6) is 0. The minimum atomic E-state index is -0.186. The molecule has 1 aromatic carbocycles. The molecule has 0 bridgehead atoms. The second-order valence-electron chi connectivity index (χ2n) is 6.87. The maximum atomic E-state index is 12.4. The molecule has 1 fully saturated rings. The molecule has 5 rings (SSSR count). The summed E-state index contributed by atoms with van der Waals surface area (Å²) < 4.78 is 5.43. The van der Waals surface area contributed by atoms with Crippen LogP contribution in [0.5, 0.6) is 0 Å². The Kier molecular flexibility index (Phi) is 4.50. The number of nitrogens with zero attached hydrogens (tertiary/aromatic N) is 4. The highest BCUT2D eigenvalue weighted by Crippen LogP contribution is 2.29. The summed E-state index contributed by atoms with van der Waals surface area (Å²) in [6.45, 7) is 3.27. The van der Waals surface area contributed by atoms with Gasteiger partial charge >= 0.3 is 0 Å². The summed E-state index contributed by atoms with van der Waals surface area (Å²) in [5, 5.41) is 0.508. The molecule has 0 atom stereocenters. The number of pyridine rings is 2. The number of nitrogens with one attached hydrogen (secondary N) is 1. The second kappa shape index (κ2) is 7.44. The molecule has 4 aromatic rings. The highest BCUT2D eigenvalue weighted by Gasteiger charge is 2.15. The first kappa shape index (κ1) is 17.5. The van der Waals surface area contributed by atoms with E-state index in [0.717, 1.165) is 48.8 Å². The van der Waals surface area contributed by atoms with Gasteiger partial charge in [0.1, 0.15) is 5.52 Å². The van der Waals surface area contributed by atoms with Crippen molar-refractivity contribution in [2.75, 3.05) is 31.2 Å². The molecular formula is C22H19N5O2. The molecular weight excluding hydrogens is 366 g/mol. The second-order valence-corrected chi connectivity index (χ2v) is 6.87. The van der Waals surface area contributed by atoms with Gasteiger partial charge in [-0.25, -0.2) is 9.97 Å². The van der Waals surface area contributed by atoms with Gasteiger partial charge in [0.15, 0.2) is 0 Å². The largest absolute Gasteiger partial charge is 0.378 e. The Bertz CT molecular complexity index is 1200. The molecule has 1 N–H and O–H groups in total. The van der Waals surface area contributed by atoms with Crippen LogP contribution in [0.3, 0.4) is 0 Å². The first-order valence-corrected chi connectivity index (χ1v) is 9.51. The van der Waals surface area contributed by atoms with Crippen LogP contribution >= 0.6 is 0 Å². The van der Waals surface area contributed by atoms with Crippen LogP contribution in [0.4, 0.5) is 5.69 Å². The van der Waals surface area contributed by atoms with E-state index >= 15 is 0 Å². The Morgan fingerprint density at radius 3 is 2.62 bits per heavy atom. The highest BCUT2D eigenvalue weighted by molar-refractivity contribution is 5.93. The molecule has 3 aromatic heterocycles.